The molecule has 5 nitrogen and oxygen atoms in total. The molecule has 0 radical (unpaired) electrons. The first-order valence-corrected chi connectivity index (χ1v) is 9.57. The number of rotatable bonds is 8. The van der Waals surface area contributed by atoms with E-state index in [1.54, 1.807) is 0 Å². The first-order valence-electron chi connectivity index (χ1n) is 9.57. The van der Waals surface area contributed by atoms with Crippen LogP contribution in [0.2, 0.25) is 0 Å². The Morgan fingerprint density at radius 2 is 1.79 bits per heavy atom. The van der Waals surface area contributed by atoms with Crippen molar-refractivity contribution in [3.05, 3.63) is 71.1 Å². The summed E-state index contributed by atoms with van der Waals surface area (Å²) in [4.78, 5) is 16.8. The quantitative estimate of drug-likeness (QED) is 0.636. The van der Waals surface area contributed by atoms with Crippen molar-refractivity contribution in [3.63, 3.8) is 0 Å². The number of nitrogens with one attached hydrogen (secondary N) is 1. The molecule has 0 unspecified atom stereocenters. The van der Waals surface area contributed by atoms with Crippen molar-refractivity contribution in [1.29, 1.82) is 0 Å². The van der Waals surface area contributed by atoms with Gasteiger partial charge in [-0.2, -0.15) is 0 Å². The van der Waals surface area contributed by atoms with E-state index in [1.165, 1.54) is 5.56 Å². The Morgan fingerprint density at radius 1 is 1.07 bits per heavy atom. The van der Waals surface area contributed by atoms with Crippen LogP contribution in [0.1, 0.15) is 29.5 Å². The van der Waals surface area contributed by atoms with Crippen LogP contribution in [0.5, 0.6) is 5.75 Å². The van der Waals surface area contributed by atoms with Gasteiger partial charge in [0.05, 0.1) is 18.7 Å². The summed E-state index contributed by atoms with van der Waals surface area (Å²) < 4.78 is 11.2. The minimum Gasteiger partial charge on any atom is -0.494 e. The molecule has 0 atom stereocenters. The van der Waals surface area contributed by atoms with Crippen molar-refractivity contribution in [2.45, 2.75) is 33.6 Å². The van der Waals surface area contributed by atoms with E-state index in [-0.39, 0.29) is 5.91 Å². The largest absolute Gasteiger partial charge is 0.494 e. The van der Waals surface area contributed by atoms with Crippen molar-refractivity contribution < 1.29 is 13.9 Å². The van der Waals surface area contributed by atoms with E-state index in [0.717, 1.165) is 28.3 Å². The fourth-order valence-electron chi connectivity index (χ4n) is 2.92. The van der Waals surface area contributed by atoms with Gasteiger partial charge in [-0.25, -0.2) is 4.98 Å². The van der Waals surface area contributed by atoms with E-state index in [2.05, 4.69) is 10.3 Å². The fraction of sp³-hybridized carbons (Fsp3) is 0.304. The first-order chi connectivity index (χ1) is 13.5. The van der Waals surface area contributed by atoms with Crippen molar-refractivity contribution in [2.75, 3.05) is 13.2 Å². The van der Waals surface area contributed by atoms with E-state index >= 15 is 0 Å². The highest BCUT2D eigenvalue weighted by molar-refractivity contribution is 5.78. The molecule has 0 fully saturated rings. The van der Waals surface area contributed by atoms with Crippen molar-refractivity contribution in [2.24, 2.45) is 0 Å². The van der Waals surface area contributed by atoms with E-state index < -0.39 is 0 Å². The number of aromatic nitrogens is 1. The number of amides is 1. The Labute approximate surface area is 165 Å². The Balaban J connectivity index is 1.50. The molecule has 3 rings (SSSR count). The number of hydrogen-bond donors (Lipinski definition) is 1. The lowest BCUT2D eigenvalue weighted by atomic mass is 10.1. The Kier molecular flexibility index (Phi) is 6.48. The molecule has 5 heteroatoms. The topological polar surface area (TPSA) is 64.4 Å². The highest BCUT2D eigenvalue weighted by Gasteiger charge is 2.12. The second kappa shape index (κ2) is 9.22. The molecule has 0 aliphatic carbocycles. The lowest BCUT2D eigenvalue weighted by Crippen LogP contribution is -2.27. The molecule has 1 N–H and O–H groups in total. The van der Waals surface area contributed by atoms with Crippen LogP contribution >= 0.6 is 0 Å². The van der Waals surface area contributed by atoms with Gasteiger partial charge in [-0.15, -0.1) is 0 Å². The van der Waals surface area contributed by atoms with Gasteiger partial charge in [0.1, 0.15) is 11.5 Å². The third-order valence-electron chi connectivity index (χ3n) is 4.47. The molecule has 2 aromatic carbocycles. The maximum Gasteiger partial charge on any atom is 0.226 e. The second-order valence-electron chi connectivity index (χ2n) is 6.74. The van der Waals surface area contributed by atoms with Crippen LogP contribution in [0.25, 0.3) is 11.5 Å². The summed E-state index contributed by atoms with van der Waals surface area (Å²) in [5.74, 6) is 2.21. The number of carbonyl (C=O) groups excluding carboxylic acids is 1. The predicted molar refractivity (Wildman–Crippen MR) is 109 cm³/mol. The molecule has 0 bridgehead atoms. The van der Waals surface area contributed by atoms with Gasteiger partial charge in [-0.1, -0.05) is 29.8 Å². The van der Waals surface area contributed by atoms with Crippen LogP contribution in [0.15, 0.2) is 52.9 Å². The summed E-state index contributed by atoms with van der Waals surface area (Å²) in [5.41, 5.74) is 3.99. The molecular weight excluding hydrogens is 352 g/mol. The van der Waals surface area contributed by atoms with Gasteiger partial charge in [0.25, 0.3) is 0 Å². The molecule has 0 saturated carbocycles. The number of hydrogen-bond acceptors (Lipinski definition) is 4. The minimum atomic E-state index is -0.0101. The predicted octanol–water partition coefficient (Wildman–Crippen LogP) is 4.26. The summed E-state index contributed by atoms with van der Waals surface area (Å²) in [6, 6.07) is 15.7. The van der Waals surface area contributed by atoms with Crippen LogP contribution < -0.4 is 10.1 Å². The number of nitrogens with zero attached hydrogens (tertiary/aromatic N) is 1. The lowest BCUT2D eigenvalue weighted by molar-refractivity contribution is -0.120. The smallest absolute Gasteiger partial charge is 0.226 e. The monoisotopic (exact) mass is 378 g/mol. The fourth-order valence-corrected chi connectivity index (χ4v) is 2.92. The third kappa shape index (κ3) is 5.22. The van der Waals surface area contributed by atoms with E-state index in [1.807, 2.05) is 69.3 Å². The summed E-state index contributed by atoms with van der Waals surface area (Å²) in [7, 11) is 0. The molecular formula is C23H26N2O3. The molecule has 0 aliphatic heterocycles. The van der Waals surface area contributed by atoms with Gasteiger partial charge in [0, 0.05) is 18.5 Å². The number of oxazole rings is 1. The van der Waals surface area contributed by atoms with E-state index in [0.29, 0.717) is 31.9 Å². The van der Waals surface area contributed by atoms with Crippen LogP contribution in [-0.4, -0.2) is 24.0 Å². The lowest BCUT2D eigenvalue weighted by Gasteiger charge is -2.06. The van der Waals surface area contributed by atoms with Gasteiger partial charge in [0.2, 0.25) is 11.8 Å². The molecule has 1 aromatic heterocycles. The van der Waals surface area contributed by atoms with Gasteiger partial charge in [-0.3, -0.25) is 4.79 Å². The average molecular weight is 378 g/mol. The molecule has 1 heterocycles. The maximum absolute atomic E-state index is 12.2. The highest BCUT2D eigenvalue weighted by atomic mass is 16.5. The zero-order valence-corrected chi connectivity index (χ0v) is 16.6. The standard InChI is InChI=1S/C23H26N2O3/c1-4-27-20-11-7-18(8-12-20)15-22(26)24-14-13-21-17(3)28-23(25-21)19-9-5-16(2)6-10-19/h5-12H,4,13-15H2,1-3H3,(H,24,26). The Morgan fingerprint density at radius 3 is 2.46 bits per heavy atom. The molecule has 146 valence electrons. The molecule has 0 saturated heterocycles. The van der Waals surface area contributed by atoms with Crippen LogP contribution in [0, 0.1) is 13.8 Å². The van der Waals surface area contributed by atoms with Crippen LogP contribution in [-0.2, 0) is 17.6 Å². The van der Waals surface area contributed by atoms with Gasteiger partial charge in [-0.05, 0) is 50.6 Å². The Hall–Kier alpha value is -3.08. The van der Waals surface area contributed by atoms with Crippen molar-refractivity contribution in [1.82, 2.24) is 10.3 Å². The third-order valence-corrected chi connectivity index (χ3v) is 4.47. The summed E-state index contributed by atoms with van der Waals surface area (Å²) in [6.07, 6.45) is 0.981. The summed E-state index contributed by atoms with van der Waals surface area (Å²) >= 11 is 0. The van der Waals surface area contributed by atoms with Crippen LogP contribution in [0.4, 0.5) is 0 Å². The summed E-state index contributed by atoms with van der Waals surface area (Å²) in [6.45, 7) is 7.05. The van der Waals surface area contributed by atoms with Crippen molar-refractivity contribution >= 4 is 5.91 Å². The van der Waals surface area contributed by atoms with Crippen molar-refractivity contribution in [3.8, 4) is 17.2 Å². The zero-order valence-electron chi connectivity index (χ0n) is 16.6. The number of carbonyl (C=O) groups is 1. The van der Waals surface area contributed by atoms with E-state index in [9.17, 15) is 4.79 Å². The molecule has 1 amide bonds. The highest BCUT2D eigenvalue weighted by Crippen LogP contribution is 2.22. The molecule has 3 aromatic rings. The molecule has 28 heavy (non-hydrogen) atoms. The second-order valence-corrected chi connectivity index (χ2v) is 6.74. The molecule has 0 spiro atoms. The minimum absolute atomic E-state index is 0.0101. The first kappa shape index (κ1) is 19.7. The SMILES string of the molecule is CCOc1ccc(CC(=O)NCCc2nc(-c3ccc(C)cc3)oc2C)cc1. The zero-order chi connectivity index (χ0) is 19.9. The Bertz CT molecular complexity index is 912. The molecule has 0 aliphatic rings. The summed E-state index contributed by atoms with van der Waals surface area (Å²) in [5, 5.41) is 2.95. The normalized spacial score (nSPS) is 10.7. The van der Waals surface area contributed by atoms with Gasteiger partial charge in [0.15, 0.2) is 0 Å². The number of ether oxygens (including phenoxy) is 1. The van der Waals surface area contributed by atoms with Crippen LogP contribution in [0.3, 0.4) is 0 Å². The van der Waals surface area contributed by atoms with Gasteiger partial charge >= 0.3 is 0 Å². The average Bonchev–Trinajstić information content (AvgIpc) is 3.05. The van der Waals surface area contributed by atoms with Gasteiger partial charge < -0.3 is 14.5 Å². The number of aryl methyl sites for hydroxylation is 2. The maximum atomic E-state index is 12.2. The van der Waals surface area contributed by atoms with E-state index in [4.69, 9.17) is 9.15 Å². The number of benzene rings is 2.